The first-order valence-electron chi connectivity index (χ1n) is 13.1. The van der Waals surface area contributed by atoms with Crippen LogP contribution in [-0.2, 0) is 4.79 Å². The van der Waals surface area contributed by atoms with E-state index in [0.717, 1.165) is 12.8 Å². The number of rotatable bonds is 24. The Labute approximate surface area is 182 Å². The smallest absolute Gasteiger partial charge is 0.303 e. The first-order chi connectivity index (χ1) is 14.3. The molecule has 0 rings (SSSR count). The highest BCUT2D eigenvalue weighted by Gasteiger charge is 1.97. The molecule has 0 aromatic heterocycles. The molecule has 0 fully saturated rings. The van der Waals surface area contributed by atoms with Crippen molar-refractivity contribution < 1.29 is 9.90 Å². The fourth-order valence-electron chi connectivity index (χ4n) is 3.94. The average Bonchev–Trinajstić information content (AvgIpc) is 2.71. The Morgan fingerprint density at radius 1 is 0.517 bits per heavy atom. The molecule has 0 aliphatic rings. The minimum atomic E-state index is -0.651. The van der Waals surface area contributed by atoms with Crippen molar-refractivity contribution in [1.29, 1.82) is 0 Å². The lowest BCUT2D eigenvalue weighted by Gasteiger charge is -2.03. The number of hydrogen-bond acceptors (Lipinski definition) is 1. The predicted octanol–water partition coefficient (Wildman–Crippen LogP) is 9.62. The summed E-state index contributed by atoms with van der Waals surface area (Å²) >= 11 is 0. The van der Waals surface area contributed by atoms with E-state index in [4.69, 9.17) is 5.11 Å². The Bertz CT molecular complexity index is 348. The Kier molecular flexibility index (Phi) is 24.6. The lowest BCUT2D eigenvalue weighted by atomic mass is 10.0. The third-order valence-electron chi connectivity index (χ3n) is 5.90. The minimum absolute atomic E-state index is 0.344. The number of unbranched alkanes of at least 4 members (excludes halogenated alkanes) is 20. The second kappa shape index (κ2) is 25.2. The van der Waals surface area contributed by atoms with Crippen LogP contribution < -0.4 is 0 Å². The van der Waals surface area contributed by atoms with Gasteiger partial charge in [0.25, 0.3) is 0 Å². The van der Waals surface area contributed by atoms with Gasteiger partial charge in [0.1, 0.15) is 0 Å². The average molecular weight is 409 g/mol. The maximum Gasteiger partial charge on any atom is 0.303 e. The highest BCUT2D eigenvalue weighted by atomic mass is 16.4. The van der Waals surface area contributed by atoms with Crippen molar-refractivity contribution in [2.45, 2.75) is 155 Å². The molecular weight excluding hydrogens is 356 g/mol. The van der Waals surface area contributed by atoms with Crippen molar-refractivity contribution in [2.75, 3.05) is 0 Å². The molecule has 29 heavy (non-hydrogen) atoms. The molecule has 0 aromatic carbocycles. The van der Waals surface area contributed by atoms with Gasteiger partial charge < -0.3 is 5.11 Å². The number of allylic oxidation sites excluding steroid dienone is 2. The van der Waals surface area contributed by atoms with Crippen LogP contribution in [-0.4, -0.2) is 11.1 Å². The van der Waals surface area contributed by atoms with E-state index in [2.05, 4.69) is 19.1 Å². The molecule has 2 nitrogen and oxygen atoms in total. The standard InChI is InChI=1S/C27H52O2/c1-2-3-4-5-6-7-8-9-10-11-12-13-14-15-16-17-18-19-20-21-22-23-24-25-26-27(28)29/h6-7H,2-5,8-26H2,1H3,(H,28,29)/b7-6-. The predicted molar refractivity (Wildman–Crippen MR) is 129 cm³/mol. The van der Waals surface area contributed by atoms with Gasteiger partial charge in [-0.15, -0.1) is 0 Å². The molecule has 0 aliphatic carbocycles. The summed E-state index contributed by atoms with van der Waals surface area (Å²) < 4.78 is 0. The summed E-state index contributed by atoms with van der Waals surface area (Å²) in [5.41, 5.74) is 0. The molecule has 0 radical (unpaired) electrons. The summed E-state index contributed by atoms with van der Waals surface area (Å²) in [5, 5.41) is 8.59. The maximum atomic E-state index is 10.4. The van der Waals surface area contributed by atoms with Crippen LogP contribution >= 0.6 is 0 Å². The number of hydrogen-bond donors (Lipinski definition) is 1. The summed E-state index contributed by atoms with van der Waals surface area (Å²) in [6, 6.07) is 0. The van der Waals surface area contributed by atoms with E-state index in [1.807, 2.05) is 0 Å². The summed E-state index contributed by atoms with van der Waals surface area (Å²) in [6.07, 6.45) is 34.5. The van der Waals surface area contributed by atoms with Crippen LogP contribution in [0.2, 0.25) is 0 Å². The molecule has 0 aliphatic heterocycles. The van der Waals surface area contributed by atoms with E-state index in [9.17, 15) is 4.79 Å². The van der Waals surface area contributed by atoms with Gasteiger partial charge in [-0.05, 0) is 32.1 Å². The van der Waals surface area contributed by atoms with Gasteiger partial charge in [0.2, 0.25) is 0 Å². The molecule has 0 bridgehead atoms. The molecule has 0 aromatic rings. The number of carboxylic acid groups (broad SMARTS) is 1. The molecule has 0 unspecified atom stereocenters. The molecule has 172 valence electrons. The largest absolute Gasteiger partial charge is 0.481 e. The van der Waals surface area contributed by atoms with Gasteiger partial charge in [-0.2, -0.15) is 0 Å². The quantitative estimate of drug-likeness (QED) is 0.127. The summed E-state index contributed by atoms with van der Waals surface area (Å²) in [5.74, 6) is -0.651. The van der Waals surface area contributed by atoms with Crippen LogP contribution in [0.1, 0.15) is 155 Å². The molecule has 0 spiro atoms. The van der Waals surface area contributed by atoms with Crippen molar-refractivity contribution in [2.24, 2.45) is 0 Å². The van der Waals surface area contributed by atoms with Crippen molar-refractivity contribution in [3.8, 4) is 0 Å². The topological polar surface area (TPSA) is 37.3 Å². The van der Waals surface area contributed by atoms with E-state index in [-0.39, 0.29) is 0 Å². The first-order valence-corrected chi connectivity index (χ1v) is 13.1. The van der Waals surface area contributed by atoms with E-state index in [1.54, 1.807) is 0 Å². The van der Waals surface area contributed by atoms with Crippen molar-refractivity contribution >= 4 is 5.97 Å². The third kappa shape index (κ3) is 27.2. The molecule has 0 amide bonds. The third-order valence-corrected chi connectivity index (χ3v) is 5.90. The first kappa shape index (κ1) is 28.2. The highest BCUT2D eigenvalue weighted by Crippen LogP contribution is 2.14. The van der Waals surface area contributed by atoms with Crippen molar-refractivity contribution in [3.05, 3.63) is 12.2 Å². The fraction of sp³-hybridized carbons (Fsp3) is 0.889. The van der Waals surface area contributed by atoms with Gasteiger partial charge in [0.15, 0.2) is 0 Å². The summed E-state index contributed by atoms with van der Waals surface area (Å²) in [7, 11) is 0. The zero-order valence-corrected chi connectivity index (χ0v) is 19.8. The zero-order valence-electron chi connectivity index (χ0n) is 19.8. The number of carboxylic acids is 1. The molecule has 2 heteroatoms. The van der Waals surface area contributed by atoms with E-state index in [1.165, 1.54) is 128 Å². The minimum Gasteiger partial charge on any atom is -0.481 e. The van der Waals surface area contributed by atoms with Gasteiger partial charge >= 0.3 is 5.97 Å². The Morgan fingerprint density at radius 2 is 0.828 bits per heavy atom. The second-order valence-corrected chi connectivity index (χ2v) is 8.91. The van der Waals surface area contributed by atoms with Crippen LogP contribution in [0.3, 0.4) is 0 Å². The molecule has 1 N–H and O–H groups in total. The molecule has 0 atom stereocenters. The Balaban J connectivity index is 3.04. The molecule has 0 saturated heterocycles. The number of aliphatic carboxylic acids is 1. The normalized spacial score (nSPS) is 11.5. The summed E-state index contributed by atoms with van der Waals surface area (Å²) in [4.78, 5) is 10.4. The highest BCUT2D eigenvalue weighted by molar-refractivity contribution is 5.66. The van der Waals surface area contributed by atoms with Crippen molar-refractivity contribution in [1.82, 2.24) is 0 Å². The van der Waals surface area contributed by atoms with E-state index < -0.39 is 5.97 Å². The van der Waals surface area contributed by atoms with Crippen molar-refractivity contribution in [3.63, 3.8) is 0 Å². The zero-order chi connectivity index (χ0) is 21.3. The number of carbonyl (C=O) groups is 1. The second-order valence-electron chi connectivity index (χ2n) is 8.91. The van der Waals surface area contributed by atoms with Gasteiger partial charge in [-0.1, -0.05) is 128 Å². The van der Waals surface area contributed by atoms with Gasteiger partial charge in [0, 0.05) is 6.42 Å². The van der Waals surface area contributed by atoms with Crippen LogP contribution in [0, 0.1) is 0 Å². The monoisotopic (exact) mass is 408 g/mol. The maximum absolute atomic E-state index is 10.4. The van der Waals surface area contributed by atoms with Gasteiger partial charge in [-0.3, -0.25) is 4.79 Å². The van der Waals surface area contributed by atoms with E-state index >= 15 is 0 Å². The van der Waals surface area contributed by atoms with Crippen LogP contribution in [0.5, 0.6) is 0 Å². The van der Waals surface area contributed by atoms with Gasteiger partial charge in [-0.25, -0.2) is 0 Å². The molecule has 0 saturated carbocycles. The van der Waals surface area contributed by atoms with Crippen LogP contribution in [0.4, 0.5) is 0 Å². The lowest BCUT2D eigenvalue weighted by Crippen LogP contribution is -1.93. The van der Waals surface area contributed by atoms with E-state index in [0.29, 0.717) is 6.42 Å². The van der Waals surface area contributed by atoms with Crippen LogP contribution in [0.15, 0.2) is 12.2 Å². The summed E-state index contributed by atoms with van der Waals surface area (Å²) in [6.45, 7) is 2.27. The Hall–Kier alpha value is -0.790. The molecule has 0 heterocycles. The molecular formula is C27H52O2. The Morgan fingerprint density at radius 3 is 1.17 bits per heavy atom. The fourth-order valence-corrected chi connectivity index (χ4v) is 3.94. The van der Waals surface area contributed by atoms with Gasteiger partial charge in [0.05, 0.1) is 0 Å². The van der Waals surface area contributed by atoms with Crippen LogP contribution in [0.25, 0.3) is 0 Å². The SMILES string of the molecule is CCCCC/C=C\CCCCCCCCCCCCCCCCCCCC(=O)O. The lowest BCUT2D eigenvalue weighted by molar-refractivity contribution is -0.137.